The lowest BCUT2D eigenvalue weighted by atomic mass is 10.2. The first-order valence-corrected chi connectivity index (χ1v) is 7.83. The SMILES string of the molecule is O=C(c1cc2ccoc2n1Cc1cccc(F)c1)N1CCCC1. The van der Waals surface area contributed by atoms with Crippen molar-refractivity contribution < 1.29 is 13.6 Å². The molecule has 1 aliphatic rings. The lowest BCUT2D eigenvalue weighted by Crippen LogP contribution is -2.29. The molecular formula is C18H17FN2O2. The molecule has 5 heteroatoms. The van der Waals surface area contributed by atoms with Crippen LogP contribution in [0.1, 0.15) is 28.9 Å². The van der Waals surface area contributed by atoms with Crippen molar-refractivity contribution in [2.75, 3.05) is 13.1 Å². The predicted octanol–water partition coefficient (Wildman–Crippen LogP) is 3.66. The first-order chi connectivity index (χ1) is 11.2. The number of benzene rings is 1. The second-order valence-corrected chi connectivity index (χ2v) is 5.93. The van der Waals surface area contributed by atoms with Crippen LogP contribution in [-0.4, -0.2) is 28.5 Å². The fraction of sp³-hybridized carbons (Fsp3) is 0.278. The van der Waals surface area contributed by atoms with E-state index in [4.69, 9.17) is 4.42 Å². The van der Waals surface area contributed by atoms with Crippen LogP contribution in [0.2, 0.25) is 0 Å². The van der Waals surface area contributed by atoms with Gasteiger partial charge < -0.3 is 13.9 Å². The third-order valence-corrected chi connectivity index (χ3v) is 4.34. The molecule has 0 radical (unpaired) electrons. The minimum absolute atomic E-state index is 0.0188. The monoisotopic (exact) mass is 312 g/mol. The van der Waals surface area contributed by atoms with E-state index >= 15 is 0 Å². The number of amides is 1. The normalized spacial score (nSPS) is 14.7. The van der Waals surface area contributed by atoms with E-state index in [-0.39, 0.29) is 11.7 Å². The molecule has 3 aromatic rings. The summed E-state index contributed by atoms with van der Waals surface area (Å²) in [5.74, 6) is -0.261. The Morgan fingerprint density at radius 2 is 2.00 bits per heavy atom. The molecule has 118 valence electrons. The van der Waals surface area contributed by atoms with Gasteiger partial charge in [0.1, 0.15) is 11.5 Å². The van der Waals surface area contributed by atoms with Gasteiger partial charge in [0.2, 0.25) is 5.71 Å². The lowest BCUT2D eigenvalue weighted by Gasteiger charge is -2.17. The Morgan fingerprint density at radius 3 is 2.78 bits per heavy atom. The molecule has 1 aliphatic heterocycles. The van der Waals surface area contributed by atoms with Gasteiger partial charge in [-0.3, -0.25) is 4.79 Å². The van der Waals surface area contributed by atoms with Gasteiger partial charge in [-0.25, -0.2) is 4.39 Å². The number of aromatic nitrogens is 1. The van der Waals surface area contributed by atoms with Crippen LogP contribution in [0.3, 0.4) is 0 Å². The fourth-order valence-electron chi connectivity index (χ4n) is 3.21. The Balaban J connectivity index is 1.75. The molecule has 0 aliphatic carbocycles. The molecule has 0 spiro atoms. The van der Waals surface area contributed by atoms with E-state index in [9.17, 15) is 9.18 Å². The summed E-state index contributed by atoms with van der Waals surface area (Å²) in [5.41, 5.74) is 2.05. The first-order valence-electron chi connectivity index (χ1n) is 7.83. The van der Waals surface area contributed by atoms with Gasteiger partial charge in [-0.1, -0.05) is 12.1 Å². The zero-order chi connectivity index (χ0) is 15.8. The van der Waals surface area contributed by atoms with Crippen LogP contribution in [-0.2, 0) is 6.54 Å². The highest BCUT2D eigenvalue weighted by molar-refractivity contribution is 5.97. The summed E-state index contributed by atoms with van der Waals surface area (Å²) in [6.07, 6.45) is 3.70. The number of hydrogen-bond acceptors (Lipinski definition) is 2. The van der Waals surface area contributed by atoms with Crippen molar-refractivity contribution in [3.8, 4) is 0 Å². The van der Waals surface area contributed by atoms with Crippen molar-refractivity contribution in [3.05, 3.63) is 59.7 Å². The number of carbonyl (C=O) groups excluding carboxylic acids is 1. The number of halogens is 1. The highest BCUT2D eigenvalue weighted by Gasteiger charge is 2.24. The van der Waals surface area contributed by atoms with Gasteiger partial charge in [0.25, 0.3) is 5.91 Å². The van der Waals surface area contributed by atoms with Crippen LogP contribution in [0, 0.1) is 5.82 Å². The summed E-state index contributed by atoms with van der Waals surface area (Å²) in [6, 6.07) is 10.1. The third kappa shape index (κ3) is 2.52. The van der Waals surface area contributed by atoms with Crippen molar-refractivity contribution in [2.24, 2.45) is 0 Å². The number of fused-ring (bicyclic) bond motifs is 1. The van der Waals surface area contributed by atoms with E-state index in [1.54, 1.807) is 12.3 Å². The molecule has 0 saturated carbocycles. The Labute approximate surface area is 133 Å². The molecule has 1 amide bonds. The molecular weight excluding hydrogens is 295 g/mol. The predicted molar refractivity (Wildman–Crippen MR) is 84.8 cm³/mol. The highest BCUT2D eigenvalue weighted by Crippen LogP contribution is 2.25. The molecule has 2 aromatic heterocycles. The maximum atomic E-state index is 13.4. The Hall–Kier alpha value is -2.56. The van der Waals surface area contributed by atoms with E-state index < -0.39 is 0 Å². The molecule has 1 aromatic carbocycles. The molecule has 0 unspecified atom stereocenters. The summed E-state index contributed by atoms with van der Waals surface area (Å²) in [6.45, 7) is 2.00. The van der Waals surface area contributed by atoms with Gasteiger partial charge in [-0.2, -0.15) is 0 Å². The van der Waals surface area contributed by atoms with Gasteiger partial charge in [-0.05, 0) is 42.7 Å². The van der Waals surface area contributed by atoms with Crippen LogP contribution in [0.4, 0.5) is 4.39 Å². The summed E-state index contributed by atoms with van der Waals surface area (Å²) in [4.78, 5) is 14.7. The number of rotatable bonds is 3. The molecule has 0 atom stereocenters. The quantitative estimate of drug-likeness (QED) is 0.740. The third-order valence-electron chi connectivity index (χ3n) is 4.34. The number of hydrogen-bond donors (Lipinski definition) is 0. The standard InChI is InChI=1S/C18H17FN2O2/c19-15-5-3-4-13(10-15)12-21-16(11-14-6-9-23-18(14)21)17(22)20-7-1-2-8-20/h3-6,9-11H,1-2,7-8,12H2. The Bertz CT molecular complexity index is 859. The molecule has 4 nitrogen and oxygen atoms in total. The number of furan rings is 1. The van der Waals surface area contributed by atoms with Gasteiger partial charge in [0.05, 0.1) is 12.8 Å². The van der Waals surface area contributed by atoms with Gasteiger partial charge >= 0.3 is 0 Å². The zero-order valence-corrected chi connectivity index (χ0v) is 12.7. The zero-order valence-electron chi connectivity index (χ0n) is 12.7. The van der Waals surface area contributed by atoms with E-state index in [1.807, 2.05) is 27.7 Å². The summed E-state index contributed by atoms with van der Waals surface area (Å²) < 4.78 is 20.8. The van der Waals surface area contributed by atoms with Crippen LogP contribution in [0.15, 0.2) is 47.1 Å². The van der Waals surface area contributed by atoms with E-state index in [0.29, 0.717) is 18.0 Å². The largest absolute Gasteiger partial charge is 0.448 e. The van der Waals surface area contributed by atoms with E-state index in [0.717, 1.165) is 36.9 Å². The molecule has 4 rings (SSSR count). The molecule has 23 heavy (non-hydrogen) atoms. The van der Waals surface area contributed by atoms with Crippen molar-refractivity contribution >= 4 is 17.0 Å². The minimum atomic E-state index is -0.280. The van der Waals surface area contributed by atoms with Crippen LogP contribution < -0.4 is 0 Å². The summed E-state index contributed by atoms with van der Waals surface area (Å²) >= 11 is 0. The van der Waals surface area contributed by atoms with Crippen LogP contribution in [0.25, 0.3) is 11.1 Å². The number of likely N-dealkylation sites (tertiary alicyclic amines) is 1. The van der Waals surface area contributed by atoms with Gasteiger partial charge in [0, 0.05) is 18.5 Å². The van der Waals surface area contributed by atoms with Crippen LogP contribution in [0.5, 0.6) is 0 Å². The molecule has 0 N–H and O–H groups in total. The van der Waals surface area contributed by atoms with Gasteiger partial charge in [0.15, 0.2) is 0 Å². The summed E-state index contributed by atoms with van der Waals surface area (Å²) in [7, 11) is 0. The number of carbonyl (C=O) groups is 1. The van der Waals surface area contributed by atoms with E-state index in [1.165, 1.54) is 12.1 Å². The molecule has 1 fully saturated rings. The molecule has 1 saturated heterocycles. The average molecular weight is 312 g/mol. The number of nitrogens with zero attached hydrogens (tertiary/aromatic N) is 2. The Kier molecular flexibility index (Phi) is 3.41. The second-order valence-electron chi connectivity index (χ2n) is 5.93. The Morgan fingerprint density at radius 1 is 1.17 bits per heavy atom. The molecule has 3 heterocycles. The first kappa shape index (κ1) is 14.1. The lowest BCUT2D eigenvalue weighted by molar-refractivity contribution is 0.0782. The smallest absolute Gasteiger partial charge is 0.270 e. The summed E-state index contributed by atoms with van der Waals surface area (Å²) in [5, 5.41) is 0.893. The van der Waals surface area contributed by atoms with Crippen molar-refractivity contribution in [1.29, 1.82) is 0 Å². The highest BCUT2D eigenvalue weighted by atomic mass is 19.1. The average Bonchev–Trinajstić information content (AvgIpc) is 3.25. The topological polar surface area (TPSA) is 38.4 Å². The van der Waals surface area contributed by atoms with E-state index in [2.05, 4.69) is 0 Å². The van der Waals surface area contributed by atoms with Crippen molar-refractivity contribution in [1.82, 2.24) is 9.47 Å². The second kappa shape index (κ2) is 5.57. The van der Waals surface area contributed by atoms with Crippen molar-refractivity contribution in [3.63, 3.8) is 0 Å². The minimum Gasteiger partial charge on any atom is -0.448 e. The molecule has 0 bridgehead atoms. The maximum Gasteiger partial charge on any atom is 0.270 e. The van der Waals surface area contributed by atoms with Gasteiger partial charge in [-0.15, -0.1) is 0 Å². The van der Waals surface area contributed by atoms with Crippen molar-refractivity contribution in [2.45, 2.75) is 19.4 Å². The maximum absolute atomic E-state index is 13.4. The fourth-order valence-corrected chi connectivity index (χ4v) is 3.21. The van der Waals surface area contributed by atoms with Crippen LogP contribution >= 0.6 is 0 Å².